The summed E-state index contributed by atoms with van der Waals surface area (Å²) in [4.78, 5) is 39.7. The van der Waals surface area contributed by atoms with Gasteiger partial charge in [0.2, 0.25) is 0 Å². The molecule has 1 fully saturated rings. The zero-order chi connectivity index (χ0) is 17.7. The molecule has 0 aromatic rings. The van der Waals surface area contributed by atoms with Gasteiger partial charge in [-0.15, -0.1) is 0 Å². The molecule has 1 aliphatic carbocycles. The van der Waals surface area contributed by atoms with Crippen molar-refractivity contribution in [1.29, 1.82) is 0 Å². The smallest absolute Gasteiger partial charge is 0.327 e. The number of carbonyl (C=O) groups is 4. The molecule has 0 aliphatic heterocycles. The van der Waals surface area contributed by atoms with Gasteiger partial charge in [0.15, 0.2) is 0 Å². The molecule has 22 heavy (non-hydrogen) atoms. The number of carboxylic acids is 4. The van der Waals surface area contributed by atoms with Gasteiger partial charge >= 0.3 is 23.9 Å². The van der Waals surface area contributed by atoms with E-state index in [4.69, 9.17) is 20.4 Å². The minimum Gasteiger partial charge on any atom is -0.481 e. The average Bonchev–Trinajstić information content (AvgIpc) is 2.48. The fraction of sp³-hybridized carbons (Fsp3) is 0.429. The Morgan fingerprint density at radius 1 is 0.727 bits per heavy atom. The molecule has 0 amide bonds. The van der Waals surface area contributed by atoms with Gasteiger partial charge in [-0.2, -0.15) is 0 Å². The summed E-state index contributed by atoms with van der Waals surface area (Å²) in [5.74, 6) is -5.24. The van der Waals surface area contributed by atoms with E-state index in [1.54, 1.807) is 0 Å². The van der Waals surface area contributed by atoms with Crippen molar-refractivity contribution in [2.45, 2.75) is 25.7 Å². The molecule has 4 N–H and O–H groups in total. The van der Waals surface area contributed by atoms with Crippen molar-refractivity contribution < 1.29 is 39.6 Å². The number of carboxylic acid groups (broad SMARTS) is 4. The van der Waals surface area contributed by atoms with Crippen LogP contribution in [0.5, 0.6) is 0 Å². The molecular weight excluding hydrogens is 296 g/mol. The summed E-state index contributed by atoms with van der Waals surface area (Å²) in [6, 6.07) is 0. The first kappa shape index (κ1) is 21.7. The van der Waals surface area contributed by atoms with Gasteiger partial charge in [-0.3, -0.25) is 9.59 Å². The van der Waals surface area contributed by atoms with Crippen molar-refractivity contribution >= 4 is 23.9 Å². The van der Waals surface area contributed by atoms with E-state index in [9.17, 15) is 19.2 Å². The lowest BCUT2D eigenvalue weighted by molar-refractivity contribution is -0.155. The third-order valence-corrected chi connectivity index (χ3v) is 2.75. The van der Waals surface area contributed by atoms with Crippen molar-refractivity contribution in [3.05, 3.63) is 25.3 Å². The maximum Gasteiger partial charge on any atom is 0.327 e. The standard InChI is InChI=1S/C8H12O4.2C3H4O2/c9-7(10)5-3-1-2-4-6(5)8(11)12;2*1-2-3(4)5/h5-6H,1-4H2,(H,9,10)(H,11,12);2*2H,1H2,(H,4,5). The largest absolute Gasteiger partial charge is 0.481 e. The summed E-state index contributed by atoms with van der Waals surface area (Å²) < 4.78 is 0. The van der Waals surface area contributed by atoms with Gasteiger partial charge in [0.05, 0.1) is 11.8 Å². The van der Waals surface area contributed by atoms with E-state index in [0.717, 1.165) is 25.0 Å². The van der Waals surface area contributed by atoms with E-state index in [2.05, 4.69) is 13.2 Å². The third kappa shape index (κ3) is 11.2. The summed E-state index contributed by atoms with van der Waals surface area (Å²) in [5, 5.41) is 32.6. The first-order valence-electron chi connectivity index (χ1n) is 6.33. The normalized spacial score (nSPS) is 19.1. The molecule has 0 aromatic heterocycles. The van der Waals surface area contributed by atoms with Gasteiger partial charge in [0.1, 0.15) is 0 Å². The summed E-state index contributed by atoms with van der Waals surface area (Å²) in [7, 11) is 0. The van der Waals surface area contributed by atoms with E-state index in [-0.39, 0.29) is 0 Å². The molecule has 0 heterocycles. The molecular formula is C14H20O8. The SMILES string of the molecule is C=CC(=O)O.C=CC(=O)O.O=C(O)C1CCCCC1C(=O)O. The molecule has 1 saturated carbocycles. The maximum absolute atomic E-state index is 10.6. The van der Waals surface area contributed by atoms with Gasteiger partial charge in [0, 0.05) is 12.2 Å². The Labute approximate surface area is 127 Å². The van der Waals surface area contributed by atoms with Crippen molar-refractivity contribution in [2.24, 2.45) is 11.8 Å². The van der Waals surface area contributed by atoms with Crippen LogP contribution in [0.25, 0.3) is 0 Å². The third-order valence-electron chi connectivity index (χ3n) is 2.75. The summed E-state index contributed by atoms with van der Waals surface area (Å²) in [5.41, 5.74) is 0. The lowest BCUT2D eigenvalue weighted by Gasteiger charge is -2.24. The Balaban J connectivity index is 0. The Morgan fingerprint density at radius 2 is 0.955 bits per heavy atom. The molecule has 8 heteroatoms. The molecule has 124 valence electrons. The summed E-state index contributed by atoms with van der Waals surface area (Å²) >= 11 is 0. The van der Waals surface area contributed by atoms with Crippen molar-refractivity contribution in [3.8, 4) is 0 Å². The minimum absolute atomic E-state index is 0.506. The van der Waals surface area contributed by atoms with Crippen LogP contribution >= 0.6 is 0 Å². The lowest BCUT2D eigenvalue weighted by Crippen LogP contribution is -2.32. The molecule has 8 nitrogen and oxygen atoms in total. The van der Waals surface area contributed by atoms with Gasteiger partial charge in [0.25, 0.3) is 0 Å². The van der Waals surface area contributed by atoms with Crippen LogP contribution in [-0.4, -0.2) is 44.3 Å². The van der Waals surface area contributed by atoms with Crippen LogP contribution in [0.15, 0.2) is 25.3 Å². The molecule has 0 radical (unpaired) electrons. The Bertz CT molecular complexity index is 387. The van der Waals surface area contributed by atoms with Crippen LogP contribution in [0.2, 0.25) is 0 Å². The van der Waals surface area contributed by atoms with Gasteiger partial charge in [-0.1, -0.05) is 26.0 Å². The van der Waals surface area contributed by atoms with Crippen LogP contribution in [0, 0.1) is 11.8 Å². The Hall–Kier alpha value is -2.64. The number of aliphatic carboxylic acids is 4. The van der Waals surface area contributed by atoms with Gasteiger partial charge in [-0.05, 0) is 12.8 Å². The van der Waals surface area contributed by atoms with Crippen LogP contribution in [-0.2, 0) is 19.2 Å². The second kappa shape index (κ2) is 12.1. The molecule has 2 atom stereocenters. The van der Waals surface area contributed by atoms with Crippen molar-refractivity contribution in [1.82, 2.24) is 0 Å². The number of rotatable bonds is 4. The molecule has 1 aliphatic rings. The van der Waals surface area contributed by atoms with E-state index < -0.39 is 35.7 Å². The average molecular weight is 316 g/mol. The monoisotopic (exact) mass is 316 g/mol. The summed E-state index contributed by atoms with van der Waals surface area (Å²) in [6.45, 7) is 5.92. The lowest BCUT2D eigenvalue weighted by atomic mass is 9.79. The van der Waals surface area contributed by atoms with E-state index in [1.807, 2.05) is 0 Å². The fourth-order valence-corrected chi connectivity index (χ4v) is 1.72. The highest BCUT2D eigenvalue weighted by Gasteiger charge is 2.35. The quantitative estimate of drug-likeness (QED) is 0.569. The Morgan fingerprint density at radius 3 is 1.09 bits per heavy atom. The zero-order valence-corrected chi connectivity index (χ0v) is 12.0. The second-order valence-electron chi connectivity index (χ2n) is 4.26. The molecule has 0 spiro atoms. The fourth-order valence-electron chi connectivity index (χ4n) is 1.72. The predicted molar refractivity (Wildman–Crippen MR) is 76.4 cm³/mol. The second-order valence-corrected chi connectivity index (χ2v) is 4.26. The highest BCUT2D eigenvalue weighted by Crippen LogP contribution is 2.30. The molecule has 0 saturated heterocycles. The number of hydrogen-bond acceptors (Lipinski definition) is 4. The molecule has 0 aromatic carbocycles. The minimum atomic E-state index is -0.981. The predicted octanol–water partition coefficient (Wildman–Crippen LogP) is 1.48. The Kier molecular flexibility index (Phi) is 11.9. The topological polar surface area (TPSA) is 149 Å². The molecule has 2 unspecified atom stereocenters. The molecule has 0 bridgehead atoms. The van der Waals surface area contributed by atoms with Gasteiger partial charge in [-0.25, -0.2) is 9.59 Å². The first-order valence-corrected chi connectivity index (χ1v) is 6.33. The molecule has 1 rings (SSSR count). The van der Waals surface area contributed by atoms with Crippen LogP contribution < -0.4 is 0 Å². The van der Waals surface area contributed by atoms with Gasteiger partial charge < -0.3 is 20.4 Å². The van der Waals surface area contributed by atoms with Crippen molar-refractivity contribution in [3.63, 3.8) is 0 Å². The van der Waals surface area contributed by atoms with Crippen LogP contribution in [0.4, 0.5) is 0 Å². The van der Waals surface area contributed by atoms with E-state index in [0.29, 0.717) is 12.8 Å². The van der Waals surface area contributed by atoms with E-state index in [1.165, 1.54) is 0 Å². The van der Waals surface area contributed by atoms with Crippen LogP contribution in [0.1, 0.15) is 25.7 Å². The first-order chi connectivity index (χ1) is 10.2. The highest BCUT2D eigenvalue weighted by atomic mass is 16.4. The van der Waals surface area contributed by atoms with Crippen LogP contribution in [0.3, 0.4) is 0 Å². The highest BCUT2D eigenvalue weighted by molar-refractivity contribution is 5.80. The number of hydrogen-bond donors (Lipinski definition) is 4. The zero-order valence-electron chi connectivity index (χ0n) is 12.0. The van der Waals surface area contributed by atoms with Crippen molar-refractivity contribution in [2.75, 3.05) is 0 Å². The van der Waals surface area contributed by atoms with E-state index >= 15 is 0 Å². The summed E-state index contributed by atoms with van der Waals surface area (Å²) in [6.07, 6.45) is 4.35. The maximum atomic E-state index is 10.6.